The maximum absolute atomic E-state index is 11.6. The summed E-state index contributed by atoms with van der Waals surface area (Å²) in [5.74, 6) is -0.989. The summed E-state index contributed by atoms with van der Waals surface area (Å²) in [5, 5.41) is 11.0. The molecule has 17 heavy (non-hydrogen) atoms. The molecule has 0 spiro atoms. The number of carbonyl (C=O) groups excluding carboxylic acids is 1. The van der Waals surface area contributed by atoms with Gasteiger partial charge in [-0.05, 0) is 18.2 Å². The fourth-order valence-electron chi connectivity index (χ4n) is 1.16. The monoisotopic (exact) mass is 238 g/mol. The SMILES string of the molecule is COc1cccc(C(=O)NC[C@H](N)C(=O)O)c1. The van der Waals surface area contributed by atoms with E-state index in [-0.39, 0.29) is 12.5 Å². The number of methoxy groups -OCH3 is 1. The number of nitrogens with one attached hydrogen (secondary N) is 1. The summed E-state index contributed by atoms with van der Waals surface area (Å²) in [4.78, 5) is 22.1. The summed E-state index contributed by atoms with van der Waals surface area (Å²) in [6.45, 7) is -0.120. The summed E-state index contributed by atoms with van der Waals surface area (Å²) < 4.78 is 4.97. The highest BCUT2D eigenvalue weighted by Crippen LogP contribution is 2.12. The molecule has 0 saturated heterocycles. The standard InChI is InChI=1S/C11H14N2O4/c1-17-8-4-2-3-7(5-8)10(14)13-6-9(12)11(15)16/h2-5,9H,6,12H2,1H3,(H,13,14)(H,15,16)/t9-/m0/s1. The van der Waals surface area contributed by atoms with Gasteiger partial charge in [-0.2, -0.15) is 0 Å². The first kappa shape index (κ1) is 13.0. The number of hydrogen-bond donors (Lipinski definition) is 3. The largest absolute Gasteiger partial charge is 0.497 e. The van der Waals surface area contributed by atoms with Crippen LogP contribution in [0.1, 0.15) is 10.4 Å². The Morgan fingerprint density at radius 3 is 2.82 bits per heavy atom. The molecule has 0 saturated carbocycles. The Morgan fingerprint density at radius 2 is 2.24 bits per heavy atom. The van der Waals surface area contributed by atoms with Gasteiger partial charge in [-0.15, -0.1) is 0 Å². The fraction of sp³-hybridized carbons (Fsp3) is 0.273. The molecule has 1 amide bonds. The number of rotatable bonds is 5. The Balaban J connectivity index is 2.60. The molecule has 1 aromatic rings. The molecule has 1 atom stereocenters. The van der Waals surface area contributed by atoms with Gasteiger partial charge < -0.3 is 20.9 Å². The summed E-state index contributed by atoms with van der Waals surface area (Å²) >= 11 is 0. The Kier molecular flexibility index (Phi) is 4.47. The van der Waals surface area contributed by atoms with Gasteiger partial charge in [-0.3, -0.25) is 9.59 Å². The highest BCUT2D eigenvalue weighted by Gasteiger charge is 2.13. The molecule has 0 radical (unpaired) electrons. The molecule has 0 aromatic heterocycles. The molecule has 1 aromatic carbocycles. The summed E-state index contributed by atoms with van der Waals surface area (Å²) in [5.41, 5.74) is 5.65. The van der Waals surface area contributed by atoms with Gasteiger partial charge in [0.1, 0.15) is 11.8 Å². The molecule has 0 aliphatic heterocycles. The van der Waals surface area contributed by atoms with Crippen LogP contribution in [-0.2, 0) is 4.79 Å². The van der Waals surface area contributed by atoms with E-state index in [0.717, 1.165) is 0 Å². The Bertz CT molecular complexity index is 420. The van der Waals surface area contributed by atoms with Gasteiger partial charge in [-0.1, -0.05) is 6.07 Å². The third kappa shape index (κ3) is 3.76. The van der Waals surface area contributed by atoms with Crippen molar-refractivity contribution in [3.63, 3.8) is 0 Å². The van der Waals surface area contributed by atoms with Crippen LogP contribution in [0, 0.1) is 0 Å². The van der Waals surface area contributed by atoms with E-state index < -0.39 is 12.0 Å². The molecule has 92 valence electrons. The molecule has 0 unspecified atom stereocenters. The number of carbonyl (C=O) groups is 2. The highest BCUT2D eigenvalue weighted by atomic mass is 16.5. The van der Waals surface area contributed by atoms with Crippen molar-refractivity contribution in [1.29, 1.82) is 0 Å². The number of nitrogens with two attached hydrogens (primary N) is 1. The van der Waals surface area contributed by atoms with E-state index in [1.165, 1.54) is 7.11 Å². The summed E-state index contributed by atoms with van der Waals surface area (Å²) in [6, 6.07) is 5.43. The molecule has 0 heterocycles. The lowest BCUT2D eigenvalue weighted by atomic mass is 10.2. The first-order valence-electron chi connectivity index (χ1n) is 4.95. The van der Waals surface area contributed by atoms with Gasteiger partial charge in [0, 0.05) is 12.1 Å². The Hall–Kier alpha value is -2.08. The molecule has 0 aliphatic carbocycles. The highest BCUT2D eigenvalue weighted by molar-refractivity contribution is 5.94. The number of carboxylic acids is 1. The van der Waals surface area contributed by atoms with E-state index in [1.54, 1.807) is 24.3 Å². The average molecular weight is 238 g/mol. The van der Waals surface area contributed by atoms with Crippen LogP contribution < -0.4 is 15.8 Å². The van der Waals surface area contributed by atoms with Crippen LogP contribution >= 0.6 is 0 Å². The van der Waals surface area contributed by atoms with Crippen molar-refractivity contribution in [2.24, 2.45) is 5.73 Å². The number of ether oxygens (including phenoxy) is 1. The van der Waals surface area contributed by atoms with Crippen molar-refractivity contribution in [3.05, 3.63) is 29.8 Å². The van der Waals surface area contributed by atoms with Crippen molar-refractivity contribution >= 4 is 11.9 Å². The zero-order valence-electron chi connectivity index (χ0n) is 9.34. The minimum atomic E-state index is -1.16. The van der Waals surface area contributed by atoms with Gasteiger partial charge in [-0.25, -0.2) is 0 Å². The lowest BCUT2D eigenvalue weighted by Gasteiger charge is -2.09. The minimum Gasteiger partial charge on any atom is -0.497 e. The molecule has 4 N–H and O–H groups in total. The van der Waals surface area contributed by atoms with E-state index in [0.29, 0.717) is 11.3 Å². The van der Waals surface area contributed by atoms with Crippen molar-refractivity contribution in [3.8, 4) is 5.75 Å². The van der Waals surface area contributed by atoms with Crippen LogP contribution in [0.25, 0.3) is 0 Å². The third-order valence-electron chi connectivity index (χ3n) is 2.13. The maximum atomic E-state index is 11.6. The zero-order chi connectivity index (χ0) is 12.8. The molecule has 1 rings (SSSR count). The van der Waals surface area contributed by atoms with Gasteiger partial charge in [0.2, 0.25) is 0 Å². The van der Waals surface area contributed by atoms with Crippen LogP contribution in [0.4, 0.5) is 0 Å². The van der Waals surface area contributed by atoms with E-state index in [1.807, 2.05) is 0 Å². The number of amides is 1. The molecule has 0 aliphatic rings. The molecule has 6 heteroatoms. The zero-order valence-corrected chi connectivity index (χ0v) is 9.34. The van der Waals surface area contributed by atoms with E-state index >= 15 is 0 Å². The number of carboxylic acid groups (broad SMARTS) is 1. The summed E-state index contributed by atoms with van der Waals surface area (Å²) in [7, 11) is 1.50. The van der Waals surface area contributed by atoms with Crippen LogP contribution in [0.3, 0.4) is 0 Å². The van der Waals surface area contributed by atoms with Crippen molar-refractivity contribution in [1.82, 2.24) is 5.32 Å². The molecule has 6 nitrogen and oxygen atoms in total. The van der Waals surface area contributed by atoms with Gasteiger partial charge in [0.25, 0.3) is 5.91 Å². The van der Waals surface area contributed by atoms with Crippen LogP contribution in [0.15, 0.2) is 24.3 Å². The van der Waals surface area contributed by atoms with Gasteiger partial charge in [0.05, 0.1) is 7.11 Å². The smallest absolute Gasteiger partial charge is 0.322 e. The van der Waals surface area contributed by atoms with Gasteiger partial charge in [0.15, 0.2) is 0 Å². The topological polar surface area (TPSA) is 102 Å². The first-order valence-corrected chi connectivity index (χ1v) is 4.95. The third-order valence-corrected chi connectivity index (χ3v) is 2.13. The normalized spacial score (nSPS) is 11.6. The first-order chi connectivity index (χ1) is 8.04. The lowest BCUT2D eigenvalue weighted by Crippen LogP contribution is -2.42. The number of hydrogen-bond acceptors (Lipinski definition) is 4. The Morgan fingerprint density at radius 1 is 1.53 bits per heavy atom. The number of aliphatic carboxylic acids is 1. The second-order valence-corrected chi connectivity index (χ2v) is 3.39. The average Bonchev–Trinajstić information content (AvgIpc) is 2.35. The van der Waals surface area contributed by atoms with Crippen molar-refractivity contribution < 1.29 is 19.4 Å². The quantitative estimate of drug-likeness (QED) is 0.661. The molecular weight excluding hydrogens is 224 g/mol. The minimum absolute atomic E-state index is 0.120. The fourth-order valence-corrected chi connectivity index (χ4v) is 1.16. The second kappa shape index (κ2) is 5.86. The predicted molar refractivity (Wildman–Crippen MR) is 60.9 cm³/mol. The van der Waals surface area contributed by atoms with E-state index in [2.05, 4.69) is 5.32 Å². The van der Waals surface area contributed by atoms with Crippen LogP contribution in [-0.4, -0.2) is 36.7 Å². The van der Waals surface area contributed by atoms with Crippen LogP contribution in [0.5, 0.6) is 5.75 Å². The van der Waals surface area contributed by atoms with Crippen molar-refractivity contribution in [2.45, 2.75) is 6.04 Å². The second-order valence-electron chi connectivity index (χ2n) is 3.39. The predicted octanol–water partition coefficient (Wildman–Crippen LogP) is -0.163. The lowest BCUT2D eigenvalue weighted by molar-refractivity contribution is -0.138. The molecular formula is C11H14N2O4. The number of benzene rings is 1. The maximum Gasteiger partial charge on any atom is 0.322 e. The van der Waals surface area contributed by atoms with Crippen molar-refractivity contribution in [2.75, 3.05) is 13.7 Å². The Labute approximate surface area is 98.4 Å². The molecule has 0 fully saturated rings. The van der Waals surface area contributed by atoms with Gasteiger partial charge >= 0.3 is 5.97 Å². The van der Waals surface area contributed by atoms with Crippen LogP contribution in [0.2, 0.25) is 0 Å². The summed E-state index contributed by atoms with van der Waals surface area (Å²) in [6.07, 6.45) is 0. The molecule has 0 bridgehead atoms. The van der Waals surface area contributed by atoms with E-state index in [9.17, 15) is 9.59 Å². The van der Waals surface area contributed by atoms with E-state index in [4.69, 9.17) is 15.6 Å².